The molecule has 0 saturated heterocycles. The third-order valence-corrected chi connectivity index (χ3v) is 3.40. The van der Waals surface area contributed by atoms with Gasteiger partial charge in [0.25, 0.3) is 5.91 Å². The minimum Gasteiger partial charge on any atom is -0.381 e. The Bertz CT molecular complexity index is 402. The molecule has 0 aliphatic heterocycles. The number of carbonyl (C=O) groups is 1. The number of alkyl halides is 1. The molecule has 0 aliphatic carbocycles. The average molecular weight is 400 g/mol. The second-order valence-electron chi connectivity index (χ2n) is 3.53. The zero-order valence-electron chi connectivity index (χ0n) is 9.72. The van der Waals surface area contributed by atoms with Gasteiger partial charge < -0.3 is 10.1 Å². The maximum atomic E-state index is 11.9. The van der Waals surface area contributed by atoms with Gasteiger partial charge in [0.1, 0.15) is 0 Å². The van der Waals surface area contributed by atoms with Crippen molar-refractivity contribution in [2.45, 2.75) is 6.42 Å². The Labute approximate surface area is 128 Å². The predicted molar refractivity (Wildman–Crippen MR) is 80.7 cm³/mol. The van der Waals surface area contributed by atoms with E-state index < -0.39 is 0 Å². The number of halogens is 3. The smallest absolute Gasteiger partial charge is 0.252 e. The highest BCUT2D eigenvalue weighted by molar-refractivity contribution is 9.10. The molecule has 0 aliphatic rings. The molecule has 1 amide bonds. The van der Waals surface area contributed by atoms with Gasteiger partial charge in [0, 0.05) is 28.0 Å². The lowest BCUT2D eigenvalue weighted by atomic mass is 10.2. The van der Waals surface area contributed by atoms with Crippen molar-refractivity contribution in [3.63, 3.8) is 0 Å². The zero-order valence-corrected chi connectivity index (χ0v) is 13.6. The monoisotopic (exact) mass is 397 g/mol. The van der Waals surface area contributed by atoms with Crippen molar-refractivity contribution < 1.29 is 9.53 Å². The van der Waals surface area contributed by atoms with Crippen molar-refractivity contribution in [2.75, 3.05) is 25.1 Å². The van der Waals surface area contributed by atoms with Crippen molar-refractivity contribution in [2.24, 2.45) is 0 Å². The number of carbonyl (C=O) groups excluding carboxylic acids is 1. The highest BCUT2D eigenvalue weighted by atomic mass is 79.9. The topological polar surface area (TPSA) is 38.3 Å². The van der Waals surface area contributed by atoms with Gasteiger partial charge in [-0.05, 0) is 40.5 Å². The standard InChI is InChI=1S/C12H14Br2ClNO2/c13-4-7-18-6-1-5-16-12(17)10-8-9(15)2-3-11(10)14/h2-3,8H,1,4-7H2,(H,16,17). The maximum absolute atomic E-state index is 11.9. The van der Waals surface area contributed by atoms with Crippen LogP contribution in [0.4, 0.5) is 0 Å². The molecule has 100 valence electrons. The quantitative estimate of drug-likeness (QED) is 0.562. The Balaban J connectivity index is 2.34. The number of rotatable bonds is 7. The van der Waals surface area contributed by atoms with Crippen LogP contribution in [0.1, 0.15) is 16.8 Å². The number of benzene rings is 1. The lowest BCUT2D eigenvalue weighted by Crippen LogP contribution is -2.25. The third-order valence-electron chi connectivity index (χ3n) is 2.15. The fourth-order valence-electron chi connectivity index (χ4n) is 1.30. The Kier molecular flexibility index (Phi) is 7.90. The fourth-order valence-corrected chi connectivity index (χ4v) is 2.13. The van der Waals surface area contributed by atoms with Crippen LogP contribution in [0.5, 0.6) is 0 Å². The summed E-state index contributed by atoms with van der Waals surface area (Å²) in [6.45, 7) is 1.91. The van der Waals surface area contributed by atoms with E-state index in [0.29, 0.717) is 30.3 Å². The molecular weight excluding hydrogens is 385 g/mol. The molecule has 6 heteroatoms. The summed E-state index contributed by atoms with van der Waals surface area (Å²) < 4.78 is 6.02. The molecule has 0 heterocycles. The van der Waals surface area contributed by atoms with E-state index in [1.54, 1.807) is 18.2 Å². The van der Waals surface area contributed by atoms with E-state index >= 15 is 0 Å². The number of amides is 1. The van der Waals surface area contributed by atoms with Gasteiger partial charge in [0.2, 0.25) is 0 Å². The molecular formula is C12H14Br2ClNO2. The summed E-state index contributed by atoms with van der Waals surface area (Å²) in [5, 5.41) is 4.20. The van der Waals surface area contributed by atoms with Crippen LogP contribution in [-0.2, 0) is 4.74 Å². The Morgan fingerprint density at radius 1 is 1.39 bits per heavy atom. The van der Waals surface area contributed by atoms with E-state index in [1.165, 1.54) is 0 Å². The largest absolute Gasteiger partial charge is 0.381 e. The first-order valence-corrected chi connectivity index (χ1v) is 7.81. The van der Waals surface area contributed by atoms with Crippen LogP contribution in [0.15, 0.2) is 22.7 Å². The Hall–Kier alpha value is -0.100. The minimum absolute atomic E-state index is 0.134. The first-order chi connectivity index (χ1) is 8.65. The number of hydrogen-bond acceptors (Lipinski definition) is 2. The van der Waals surface area contributed by atoms with E-state index in [0.717, 1.165) is 16.2 Å². The Morgan fingerprint density at radius 2 is 2.17 bits per heavy atom. The number of hydrogen-bond donors (Lipinski definition) is 1. The number of ether oxygens (including phenoxy) is 1. The summed E-state index contributed by atoms with van der Waals surface area (Å²) in [4.78, 5) is 11.9. The van der Waals surface area contributed by atoms with Crippen LogP contribution in [0.3, 0.4) is 0 Å². The van der Waals surface area contributed by atoms with Crippen LogP contribution in [0.2, 0.25) is 5.02 Å². The van der Waals surface area contributed by atoms with Gasteiger partial charge >= 0.3 is 0 Å². The molecule has 0 unspecified atom stereocenters. The first-order valence-electron chi connectivity index (χ1n) is 5.52. The van der Waals surface area contributed by atoms with E-state index in [-0.39, 0.29) is 5.91 Å². The highest BCUT2D eigenvalue weighted by Gasteiger charge is 2.09. The lowest BCUT2D eigenvalue weighted by Gasteiger charge is -2.07. The molecule has 1 N–H and O–H groups in total. The van der Waals surface area contributed by atoms with Gasteiger partial charge in [-0.1, -0.05) is 27.5 Å². The molecule has 0 atom stereocenters. The molecule has 0 bridgehead atoms. The second-order valence-corrected chi connectivity index (χ2v) is 5.62. The van der Waals surface area contributed by atoms with Gasteiger partial charge in [-0.3, -0.25) is 4.79 Å². The van der Waals surface area contributed by atoms with Crippen molar-refractivity contribution in [3.8, 4) is 0 Å². The molecule has 0 spiro atoms. The van der Waals surface area contributed by atoms with Gasteiger partial charge in [-0.2, -0.15) is 0 Å². The van der Waals surface area contributed by atoms with Crippen LogP contribution < -0.4 is 5.32 Å². The first kappa shape index (κ1) is 16.0. The SMILES string of the molecule is O=C(NCCCOCCBr)c1cc(Cl)ccc1Br. The van der Waals surface area contributed by atoms with Crippen molar-refractivity contribution in [1.29, 1.82) is 0 Å². The van der Waals surface area contributed by atoms with Gasteiger partial charge in [-0.25, -0.2) is 0 Å². The van der Waals surface area contributed by atoms with E-state index in [9.17, 15) is 4.79 Å². The zero-order chi connectivity index (χ0) is 13.4. The lowest BCUT2D eigenvalue weighted by molar-refractivity contribution is 0.0944. The van der Waals surface area contributed by atoms with Crippen LogP contribution in [0.25, 0.3) is 0 Å². The molecule has 1 rings (SSSR count). The molecule has 0 radical (unpaired) electrons. The Morgan fingerprint density at radius 3 is 2.89 bits per heavy atom. The summed E-state index contributed by atoms with van der Waals surface area (Å²) in [6.07, 6.45) is 0.789. The van der Waals surface area contributed by atoms with Gasteiger partial charge in [0.15, 0.2) is 0 Å². The maximum Gasteiger partial charge on any atom is 0.252 e. The van der Waals surface area contributed by atoms with Crippen molar-refractivity contribution in [1.82, 2.24) is 5.32 Å². The predicted octanol–water partition coefficient (Wildman–Crippen LogP) is 3.63. The highest BCUT2D eigenvalue weighted by Crippen LogP contribution is 2.20. The summed E-state index contributed by atoms with van der Waals surface area (Å²) in [6, 6.07) is 5.13. The van der Waals surface area contributed by atoms with E-state index in [2.05, 4.69) is 37.2 Å². The summed E-state index contributed by atoms with van der Waals surface area (Å²) in [5.41, 5.74) is 0.545. The second kappa shape index (κ2) is 8.91. The van der Waals surface area contributed by atoms with Crippen molar-refractivity contribution >= 4 is 49.4 Å². The normalized spacial score (nSPS) is 10.4. The fraction of sp³-hybridized carbons (Fsp3) is 0.417. The summed E-state index contributed by atoms with van der Waals surface area (Å²) >= 11 is 12.5. The van der Waals surface area contributed by atoms with Gasteiger partial charge in [0.05, 0.1) is 12.2 Å². The van der Waals surface area contributed by atoms with E-state index in [1.807, 2.05) is 0 Å². The van der Waals surface area contributed by atoms with E-state index in [4.69, 9.17) is 16.3 Å². The molecule has 3 nitrogen and oxygen atoms in total. The molecule has 0 saturated carbocycles. The van der Waals surface area contributed by atoms with Crippen LogP contribution in [-0.4, -0.2) is 31.0 Å². The van der Waals surface area contributed by atoms with Crippen LogP contribution in [0, 0.1) is 0 Å². The molecule has 1 aromatic carbocycles. The average Bonchev–Trinajstić information content (AvgIpc) is 2.36. The van der Waals surface area contributed by atoms with Crippen LogP contribution >= 0.6 is 43.5 Å². The molecule has 1 aromatic rings. The minimum atomic E-state index is -0.134. The third kappa shape index (κ3) is 5.69. The molecule has 0 fully saturated rings. The summed E-state index contributed by atoms with van der Waals surface area (Å²) in [5.74, 6) is -0.134. The van der Waals surface area contributed by atoms with Gasteiger partial charge in [-0.15, -0.1) is 0 Å². The molecule has 18 heavy (non-hydrogen) atoms. The summed E-state index contributed by atoms with van der Waals surface area (Å²) in [7, 11) is 0. The molecule has 0 aromatic heterocycles. The van der Waals surface area contributed by atoms with Crippen molar-refractivity contribution in [3.05, 3.63) is 33.3 Å². The number of nitrogens with one attached hydrogen (secondary N) is 1.